The van der Waals surface area contributed by atoms with Crippen molar-refractivity contribution in [1.82, 2.24) is 5.32 Å². The van der Waals surface area contributed by atoms with Crippen LogP contribution in [0.5, 0.6) is 5.75 Å². The Morgan fingerprint density at radius 1 is 1.50 bits per heavy atom. The number of hydrogen-bond acceptors (Lipinski definition) is 2. The average Bonchev–Trinajstić information content (AvgIpc) is 2.16. The molecule has 0 aromatic heterocycles. The van der Waals surface area contributed by atoms with E-state index in [0.29, 0.717) is 5.56 Å². The molecule has 88 valence electrons. The molecule has 0 atom stereocenters. The standard InChI is InChI=1S/C12H16BrNO2/c1-12(2,6-7-13)14-11(16)9-4-3-5-10(15)8-9/h3-5,8,15H,6-7H2,1-2H3,(H,14,16). The number of alkyl halides is 1. The van der Waals surface area contributed by atoms with Crippen molar-refractivity contribution < 1.29 is 9.90 Å². The quantitative estimate of drug-likeness (QED) is 0.836. The summed E-state index contributed by atoms with van der Waals surface area (Å²) in [6.07, 6.45) is 0.845. The molecule has 1 aromatic rings. The normalized spacial score (nSPS) is 11.2. The van der Waals surface area contributed by atoms with Gasteiger partial charge in [0.25, 0.3) is 5.91 Å². The molecule has 0 aliphatic carbocycles. The Hall–Kier alpha value is -1.03. The van der Waals surface area contributed by atoms with Crippen molar-refractivity contribution in [3.63, 3.8) is 0 Å². The molecule has 3 nitrogen and oxygen atoms in total. The first-order valence-electron chi connectivity index (χ1n) is 5.12. The molecule has 1 amide bonds. The van der Waals surface area contributed by atoms with Crippen LogP contribution in [0.1, 0.15) is 30.6 Å². The summed E-state index contributed by atoms with van der Waals surface area (Å²) in [4.78, 5) is 11.8. The third-order valence-corrected chi connectivity index (χ3v) is 2.68. The van der Waals surface area contributed by atoms with Gasteiger partial charge in [0.05, 0.1) is 0 Å². The van der Waals surface area contributed by atoms with Gasteiger partial charge in [-0.3, -0.25) is 4.79 Å². The van der Waals surface area contributed by atoms with Gasteiger partial charge < -0.3 is 10.4 Å². The van der Waals surface area contributed by atoms with E-state index in [1.165, 1.54) is 6.07 Å². The summed E-state index contributed by atoms with van der Waals surface area (Å²) in [5.41, 5.74) is 0.217. The first kappa shape index (κ1) is 13.0. The second-order valence-electron chi connectivity index (χ2n) is 4.33. The second kappa shape index (κ2) is 5.34. The molecule has 0 aliphatic rings. The van der Waals surface area contributed by atoms with Crippen molar-refractivity contribution in [3.8, 4) is 5.75 Å². The highest BCUT2D eigenvalue weighted by Crippen LogP contribution is 2.14. The predicted molar refractivity (Wildman–Crippen MR) is 68.1 cm³/mol. The van der Waals surface area contributed by atoms with E-state index in [1.807, 2.05) is 13.8 Å². The number of nitrogens with one attached hydrogen (secondary N) is 1. The van der Waals surface area contributed by atoms with Gasteiger partial charge in [0.1, 0.15) is 5.75 Å². The first-order valence-corrected chi connectivity index (χ1v) is 6.24. The fraction of sp³-hybridized carbons (Fsp3) is 0.417. The molecule has 0 saturated carbocycles. The highest BCUT2D eigenvalue weighted by atomic mass is 79.9. The highest BCUT2D eigenvalue weighted by Gasteiger charge is 2.20. The Labute approximate surface area is 104 Å². The number of phenols is 1. The van der Waals surface area contributed by atoms with Crippen LogP contribution in [0.15, 0.2) is 24.3 Å². The van der Waals surface area contributed by atoms with Crippen molar-refractivity contribution in [1.29, 1.82) is 0 Å². The Morgan fingerprint density at radius 2 is 2.19 bits per heavy atom. The van der Waals surface area contributed by atoms with E-state index < -0.39 is 0 Å². The Kier molecular flexibility index (Phi) is 4.35. The van der Waals surface area contributed by atoms with Crippen molar-refractivity contribution in [2.45, 2.75) is 25.8 Å². The second-order valence-corrected chi connectivity index (χ2v) is 5.12. The van der Waals surface area contributed by atoms with Crippen LogP contribution in [0.3, 0.4) is 0 Å². The zero-order valence-electron chi connectivity index (χ0n) is 9.46. The van der Waals surface area contributed by atoms with Crippen LogP contribution in [-0.2, 0) is 0 Å². The van der Waals surface area contributed by atoms with Crippen molar-refractivity contribution in [3.05, 3.63) is 29.8 Å². The van der Waals surface area contributed by atoms with Gasteiger partial charge >= 0.3 is 0 Å². The number of hydrogen-bond donors (Lipinski definition) is 2. The lowest BCUT2D eigenvalue weighted by atomic mass is 10.0. The molecule has 1 aromatic carbocycles. The topological polar surface area (TPSA) is 49.3 Å². The maximum Gasteiger partial charge on any atom is 0.251 e. The van der Waals surface area contributed by atoms with Crippen LogP contribution in [0, 0.1) is 0 Å². The number of carbonyl (C=O) groups is 1. The molecule has 0 radical (unpaired) electrons. The maximum absolute atomic E-state index is 11.8. The lowest BCUT2D eigenvalue weighted by Crippen LogP contribution is -2.43. The summed E-state index contributed by atoms with van der Waals surface area (Å²) in [6, 6.07) is 6.33. The van der Waals surface area contributed by atoms with Gasteiger partial charge in [-0.05, 0) is 38.5 Å². The van der Waals surface area contributed by atoms with Crippen LogP contribution in [0.25, 0.3) is 0 Å². The molecule has 4 heteroatoms. The fourth-order valence-corrected chi connectivity index (χ4v) is 2.32. The zero-order valence-corrected chi connectivity index (χ0v) is 11.0. The molecule has 16 heavy (non-hydrogen) atoms. The van der Waals surface area contributed by atoms with E-state index in [2.05, 4.69) is 21.2 Å². The third-order valence-electron chi connectivity index (χ3n) is 2.28. The minimum atomic E-state index is -0.258. The van der Waals surface area contributed by atoms with Crippen LogP contribution in [0.4, 0.5) is 0 Å². The monoisotopic (exact) mass is 285 g/mol. The molecule has 1 rings (SSSR count). The minimum absolute atomic E-state index is 0.103. The number of carbonyl (C=O) groups excluding carboxylic acids is 1. The fourth-order valence-electron chi connectivity index (χ4n) is 1.33. The van der Waals surface area contributed by atoms with E-state index >= 15 is 0 Å². The van der Waals surface area contributed by atoms with Crippen LogP contribution in [-0.4, -0.2) is 21.9 Å². The highest BCUT2D eigenvalue weighted by molar-refractivity contribution is 9.09. The summed E-state index contributed by atoms with van der Waals surface area (Å²) in [5.74, 6) is -0.0622. The van der Waals surface area contributed by atoms with Gasteiger partial charge in [0.15, 0.2) is 0 Å². The summed E-state index contributed by atoms with van der Waals surface area (Å²) in [7, 11) is 0. The summed E-state index contributed by atoms with van der Waals surface area (Å²) >= 11 is 3.35. The van der Waals surface area contributed by atoms with E-state index in [-0.39, 0.29) is 17.2 Å². The van der Waals surface area contributed by atoms with E-state index in [4.69, 9.17) is 0 Å². The Morgan fingerprint density at radius 3 is 2.75 bits per heavy atom. The Balaban J connectivity index is 2.72. The summed E-state index contributed by atoms with van der Waals surface area (Å²) < 4.78 is 0. The molecule has 2 N–H and O–H groups in total. The third kappa shape index (κ3) is 3.85. The number of aromatic hydroxyl groups is 1. The molecule has 0 unspecified atom stereocenters. The number of phenolic OH excluding ortho intramolecular Hbond substituents is 1. The molecule has 0 fully saturated rings. The van der Waals surface area contributed by atoms with Crippen LogP contribution >= 0.6 is 15.9 Å². The molecule has 0 aliphatic heterocycles. The minimum Gasteiger partial charge on any atom is -0.508 e. The van der Waals surface area contributed by atoms with E-state index in [0.717, 1.165) is 11.8 Å². The van der Waals surface area contributed by atoms with Crippen molar-refractivity contribution >= 4 is 21.8 Å². The van der Waals surface area contributed by atoms with Gasteiger partial charge in [0, 0.05) is 16.4 Å². The molecule has 0 saturated heterocycles. The van der Waals surface area contributed by atoms with E-state index in [9.17, 15) is 9.90 Å². The summed E-state index contributed by atoms with van der Waals surface area (Å²) in [6.45, 7) is 3.93. The number of benzene rings is 1. The van der Waals surface area contributed by atoms with Gasteiger partial charge in [-0.15, -0.1) is 0 Å². The van der Waals surface area contributed by atoms with Crippen molar-refractivity contribution in [2.75, 3.05) is 5.33 Å². The predicted octanol–water partition coefficient (Wildman–Crippen LogP) is 2.69. The Bertz CT molecular complexity index is 377. The van der Waals surface area contributed by atoms with E-state index in [1.54, 1.807) is 18.2 Å². The first-order chi connectivity index (χ1) is 7.44. The summed E-state index contributed by atoms with van der Waals surface area (Å²) in [5, 5.41) is 13.0. The molecular weight excluding hydrogens is 270 g/mol. The SMILES string of the molecule is CC(C)(CCBr)NC(=O)c1cccc(O)c1. The molecular formula is C12H16BrNO2. The maximum atomic E-state index is 11.8. The zero-order chi connectivity index (χ0) is 12.2. The van der Waals surface area contributed by atoms with Gasteiger partial charge in [-0.25, -0.2) is 0 Å². The number of amides is 1. The van der Waals surface area contributed by atoms with Crippen LogP contribution in [0.2, 0.25) is 0 Å². The van der Waals surface area contributed by atoms with Gasteiger partial charge in [-0.2, -0.15) is 0 Å². The van der Waals surface area contributed by atoms with Crippen LogP contribution < -0.4 is 5.32 Å². The van der Waals surface area contributed by atoms with Crippen molar-refractivity contribution in [2.24, 2.45) is 0 Å². The molecule has 0 spiro atoms. The lowest BCUT2D eigenvalue weighted by molar-refractivity contribution is 0.0911. The van der Waals surface area contributed by atoms with Gasteiger partial charge in [0.2, 0.25) is 0 Å². The number of halogens is 1. The largest absolute Gasteiger partial charge is 0.508 e. The lowest BCUT2D eigenvalue weighted by Gasteiger charge is -2.25. The average molecular weight is 286 g/mol. The smallest absolute Gasteiger partial charge is 0.251 e. The number of rotatable bonds is 4. The van der Waals surface area contributed by atoms with Gasteiger partial charge in [-0.1, -0.05) is 22.0 Å². The molecule has 0 heterocycles. The molecule has 0 bridgehead atoms.